The van der Waals surface area contributed by atoms with Crippen molar-refractivity contribution in [3.63, 3.8) is 0 Å². The summed E-state index contributed by atoms with van der Waals surface area (Å²) in [6.07, 6.45) is 10.3. The van der Waals surface area contributed by atoms with Gasteiger partial charge in [-0.3, -0.25) is 0 Å². The van der Waals surface area contributed by atoms with Gasteiger partial charge in [0.15, 0.2) is 0 Å². The molecule has 0 bridgehead atoms. The van der Waals surface area contributed by atoms with Crippen LogP contribution in [0.15, 0.2) is 0 Å². The van der Waals surface area contributed by atoms with E-state index in [0.29, 0.717) is 17.4 Å². The average Bonchev–Trinajstić information content (AvgIpc) is 2.98. The zero-order valence-corrected chi connectivity index (χ0v) is 13.9. The molecule has 5 nitrogen and oxygen atoms in total. The number of anilines is 2. The van der Waals surface area contributed by atoms with E-state index in [-0.39, 0.29) is 0 Å². The second-order valence-electron chi connectivity index (χ2n) is 8.08. The van der Waals surface area contributed by atoms with Crippen LogP contribution in [-0.2, 0) is 11.8 Å². The Hall–Kier alpha value is -1.36. The van der Waals surface area contributed by atoms with Crippen molar-refractivity contribution in [2.75, 3.05) is 30.3 Å². The second-order valence-corrected chi connectivity index (χ2v) is 8.08. The van der Waals surface area contributed by atoms with Gasteiger partial charge in [0.25, 0.3) is 0 Å². The molecule has 1 saturated carbocycles. The minimum absolute atomic E-state index is 0.312. The quantitative estimate of drug-likeness (QED) is 0.830. The van der Waals surface area contributed by atoms with Gasteiger partial charge in [0, 0.05) is 30.1 Å². The predicted molar refractivity (Wildman–Crippen MR) is 91.6 cm³/mol. The lowest BCUT2D eigenvalue weighted by molar-refractivity contribution is 0.196. The highest BCUT2D eigenvalue weighted by Crippen LogP contribution is 2.49. The van der Waals surface area contributed by atoms with Gasteiger partial charge in [0.2, 0.25) is 5.95 Å². The maximum Gasteiger partial charge on any atom is 0.222 e. The summed E-state index contributed by atoms with van der Waals surface area (Å²) in [4.78, 5) is 12.0. The van der Waals surface area contributed by atoms with Gasteiger partial charge < -0.3 is 16.0 Å². The summed E-state index contributed by atoms with van der Waals surface area (Å²) in [6, 6.07) is 0.652. The highest BCUT2D eigenvalue weighted by atomic mass is 15.3. The molecule has 5 rings (SSSR count). The summed E-state index contributed by atoms with van der Waals surface area (Å²) in [6.45, 7) is 3.41. The van der Waals surface area contributed by atoms with Crippen molar-refractivity contribution in [2.45, 2.75) is 62.8 Å². The molecule has 0 radical (unpaired) electrons. The largest absolute Gasteiger partial charge is 0.368 e. The van der Waals surface area contributed by atoms with Gasteiger partial charge in [0.05, 0.1) is 5.69 Å². The number of rotatable bonds is 1. The van der Waals surface area contributed by atoms with E-state index in [1.54, 1.807) is 0 Å². The van der Waals surface area contributed by atoms with Gasteiger partial charge in [-0.15, -0.1) is 0 Å². The fourth-order valence-electron chi connectivity index (χ4n) is 5.49. The Bertz CT molecular complexity index is 622. The molecule has 3 fully saturated rings. The highest BCUT2D eigenvalue weighted by molar-refractivity contribution is 5.55. The summed E-state index contributed by atoms with van der Waals surface area (Å²) in [5.74, 6) is 2.52. The standard InChI is InChI=1S/C18H27N5/c19-17-21-15-13(4-3-8-18(15)6-1-2-7-18)16(22-17)23-9-5-12-10-20-14(12)11-23/h12,14,20H,1-11H2,(H2,19,21,22). The van der Waals surface area contributed by atoms with Crippen LogP contribution in [0.1, 0.15) is 56.2 Å². The zero-order chi connectivity index (χ0) is 15.4. The number of fused-ring (bicyclic) bond motifs is 3. The summed E-state index contributed by atoms with van der Waals surface area (Å²) < 4.78 is 0. The van der Waals surface area contributed by atoms with Crippen LogP contribution in [0.5, 0.6) is 0 Å². The lowest BCUT2D eigenvalue weighted by atomic mass is 9.71. The van der Waals surface area contributed by atoms with E-state index >= 15 is 0 Å². The number of nitrogens with two attached hydrogens (primary N) is 1. The Labute approximate surface area is 138 Å². The van der Waals surface area contributed by atoms with E-state index in [1.165, 1.54) is 62.7 Å². The average molecular weight is 313 g/mol. The first-order valence-corrected chi connectivity index (χ1v) is 9.40. The van der Waals surface area contributed by atoms with Crippen LogP contribution in [0.4, 0.5) is 11.8 Å². The lowest BCUT2D eigenvalue weighted by Crippen LogP contribution is -2.62. The molecule has 1 spiro atoms. The highest BCUT2D eigenvalue weighted by Gasteiger charge is 2.43. The van der Waals surface area contributed by atoms with E-state index in [4.69, 9.17) is 15.7 Å². The molecule has 23 heavy (non-hydrogen) atoms. The zero-order valence-electron chi connectivity index (χ0n) is 13.9. The molecule has 2 unspecified atom stereocenters. The number of piperidine rings is 1. The first-order valence-electron chi connectivity index (χ1n) is 9.40. The fraction of sp³-hybridized carbons (Fsp3) is 0.778. The van der Waals surface area contributed by atoms with Crippen molar-refractivity contribution < 1.29 is 0 Å². The Balaban J connectivity index is 1.55. The first kappa shape index (κ1) is 14.0. The first-order chi connectivity index (χ1) is 11.3. The third-order valence-electron chi connectivity index (χ3n) is 6.85. The SMILES string of the molecule is Nc1nc(N2CCC3CNC3C2)c2c(n1)C1(CCCC1)CCC2. The molecule has 0 amide bonds. The predicted octanol–water partition coefficient (Wildman–Crippen LogP) is 2.00. The minimum atomic E-state index is 0.312. The molecular formula is C18H27N5. The van der Waals surface area contributed by atoms with Crippen molar-refractivity contribution in [2.24, 2.45) is 5.92 Å². The fourth-order valence-corrected chi connectivity index (χ4v) is 5.49. The Kier molecular flexibility index (Phi) is 3.09. The molecule has 2 atom stereocenters. The molecule has 124 valence electrons. The molecule has 2 saturated heterocycles. The number of hydrogen-bond donors (Lipinski definition) is 2. The van der Waals surface area contributed by atoms with Gasteiger partial charge in [-0.05, 0) is 51.0 Å². The summed E-state index contributed by atoms with van der Waals surface area (Å²) >= 11 is 0. The minimum Gasteiger partial charge on any atom is -0.368 e. The van der Waals surface area contributed by atoms with Crippen molar-refractivity contribution in [3.05, 3.63) is 11.3 Å². The van der Waals surface area contributed by atoms with Gasteiger partial charge >= 0.3 is 0 Å². The van der Waals surface area contributed by atoms with Crippen molar-refractivity contribution in [3.8, 4) is 0 Å². The molecular weight excluding hydrogens is 286 g/mol. The second kappa shape index (κ2) is 5.07. The third kappa shape index (κ3) is 2.09. The van der Waals surface area contributed by atoms with Crippen molar-refractivity contribution >= 4 is 11.8 Å². The Morgan fingerprint density at radius 1 is 1.13 bits per heavy atom. The Morgan fingerprint density at radius 3 is 2.70 bits per heavy atom. The summed E-state index contributed by atoms with van der Waals surface area (Å²) in [7, 11) is 0. The number of nitrogens with one attached hydrogen (secondary N) is 1. The molecule has 1 aromatic heterocycles. The van der Waals surface area contributed by atoms with E-state index in [1.807, 2.05) is 0 Å². The molecule has 3 heterocycles. The van der Waals surface area contributed by atoms with E-state index in [0.717, 1.165) is 31.2 Å². The summed E-state index contributed by atoms with van der Waals surface area (Å²) in [5.41, 5.74) is 9.20. The van der Waals surface area contributed by atoms with Gasteiger partial charge in [-0.25, -0.2) is 4.98 Å². The van der Waals surface area contributed by atoms with Gasteiger partial charge in [-0.2, -0.15) is 4.98 Å². The smallest absolute Gasteiger partial charge is 0.222 e. The third-order valence-corrected chi connectivity index (χ3v) is 6.85. The van der Waals surface area contributed by atoms with Crippen LogP contribution in [0, 0.1) is 5.92 Å². The molecule has 5 heteroatoms. The number of nitrogen functional groups attached to an aromatic ring is 1. The van der Waals surface area contributed by atoms with Gasteiger partial charge in [-0.1, -0.05) is 12.8 Å². The molecule has 4 aliphatic rings. The van der Waals surface area contributed by atoms with Crippen molar-refractivity contribution in [1.82, 2.24) is 15.3 Å². The maximum atomic E-state index is 6.15. The number of aromatic nitrogens is 2. The molecule has 1 aromatic rings. The van der Waals surface area contributed by atoms with Crippen LogP contribution in [0.2, 0.25) is 0 Å². The van der Waals surface area contributed by atoms with Crippen LogP contribution in [-0.4, -0.2) is 35.6 Å². The monoisotopic (exact) mass is 313 g/mol. The van der Waals surface area contributed by atoms with E-state index in [2.05, 4.69) is 10.2 Å². The van der Waals surface area contributed by atoms with Crippen LogP contribution in [0.3, 0.4) is 0 Å². The molecule has 3 N–H and O–H groups in total. The molecule has 0 aromatic carbocycles. The van der Waals surface area contributed by atoms with Gasteiger partial charge in [0.1, 0.15) is 5.82 Å². The normalized spacial score (nSPS) is 31.6. The topological polar surface area (TPSA) is 67.1 Å². The van der Waals surface area contributed by atoms with E-state index in [9.17, 15) is 0 Å². The van der Waals surface area contributed by atoms with Crippen LogP contribution >= 0.6 is 0 Å². The maximum absolute atomic E-state index is 6.15. The Morgan fingerprint density at radius 2 is 1.96 bits per heavy atom. The summed E-state index contributed by atoms with van der Waals surface area (Å²) in [5, 5.41) is 3.57. The van der Waals surface area contributed by atoms with Crippen LogP contribution in [0.25, 0.3) is 0 Å². The molecule has 2 aliphatic heterocycles. The number of nitrogens with zero attached hydrogens (tertiary/aromatic N) is 3. The lowest BCUT2D eigenvalue weighted by Gasteiger charge is -2.47. The van der Waals surface area contributed by atoms with E-state index < -0.39 is 0 Å². The van der Waals surface area contributed by atoms with Crippen LogP contribution < -0.4 is 16.0 Å². The van der Waals surface area contributed by atoms with Crippen molar-refractivity contribution in [1.29, 1.82) is 0 Å². The molecule has 2 aliphatic carbocycles. The number of hydrogen-bond acceptors (Lipinski definition) is 5.